The Balaban J connectivity index is 2.10. The van der Waals surface area contributed by atoms with Gasteiger partial charge in [-0.05, 0) is 55.2 Å². The van der Waals surface area contributed by atoms with E-state index in [4.69, 9.17) is 4.74 Å². The highest BCUT2D eigenvalue weighted by Crippen LogP contribution is 2.29. The average Bonchev–Trinajstić information content (AvgIpc) is 2.79. The zero-order valence-electron chi connectivity index (χ0n) is 19.0. The molecule has 0 spiro atoms. The van der Waals surface area contributed by atoms with Gasteiger partial charge >= 0.3 is 0 Å². The molecule has 0 aliphatic heterocycles. The fourth-order valence-electron chi connectivity index (χ4n) is 3.12. The second-order valence-corrected chi connectivity index (χ2v) is 9.46. The van der Waals surface area contributed by atoms with Crippen LogP contribution < -0.4 is 10.1 Å². The van der Waals surface area contributed by atoms with Crippen LogP contribution in [0.4, 0.5) is 5.69 Å². The molecular formula is C25H32N2O4S. The topological polar surface area (TPSA) is 75.7 Å². The number of rotatable bonds is 12. The highest BCUT2D eigenvalue weighted by Gasteiger charge is 2.23. The number of hydrogen-bond donors (Lipinski definition) is 1. The maximum absolute atomic E-state index is 12.8. The molecule has 2 rings (SSSR count). The van der Waals surface area contributed by atoms with Crippen molar-refractivity contribution in [1.29, 1.82) is 0 Å². The first-order valence-corrected chi connectivity index (χ1v) is 12.1. The Morgan fingerprint density at radius 2 is 1.66 bits per heavy atom. The van der Waals surface area contributed by atoms with Crippen LogP contribution in [0.3, 0.4) is 0 Å². The third-order valence-electron chi connectivity index (χ3n) is 5.16. The number of nitrogens with one attached hydrogen (secondary N) is 1. The highest BCUT2D eigenvalue weighted by molar-refractivity contribution is 7.89. The molecule has 2 atom stereocenters. The van der Waals surface area contributed by atoms with E-state index in [9.17, 15) is 13.2 Å². The van der Waals surface area contributed by atoms with Gasteiger partial charge in [0.25, 0.3) is 5.91 Å². The van der Waals surface area contributed by atoms with Gasteiger partial charge in [-0.3, -0.25) is 4.79 Å². The largest absolute Gasteiger partial charge is 0.481 e. The van der Waals surface area contributed by atoms with Crippen molar-refractivity contribution in [2.45, 2.75) is 44.1 Å². The summed E-state index contributed by atoms with van der Waals surface area (Å²) in [4.78, 5) is 12.8. The van der Waals surface area contributed by atoms with Crippen LogP contribution in [0.25, 0.3) is 0 Å². The molecule has 0 saturated heterocycles. The maximum Gasteiger partial charge on any atom is 0.265 e. The quantitative estimate of drug-likeness (QED) is 0.458. The molecule has 0 aliphatic rings. The van der Waals surface area contributed by atoms with E-state index in [2.05, 4.69) is 32.3 Å². The van der Waals surface area contributed by atoms with Crippen molar-refractivity contribution in [3.05, 3.63) is 79.4 Å². The lowest BCUT2D eigenvalue weighted by molar-refractivity contribution is -0.122. The molecule has 7 heteroatoms. The predicted octanol–water partition coefficient (Wildman–Crippen LogP) is 4.97. The molecule has 1 amide bonds. The van der Waals surface area contributed by atoms with Crippen LogP contribution in [0.5, 0.6) is 5.75 Å². The van der Waals surface area contributed by atoms with Crippen molar-refractivity contribution in [1.82, 2.24) is 4.31 Å². The minimum absolute atomic E-state index is 0.131. The minimum atomic E-state index is -3.69. The minimum Gasteiger partial charge on any atom is -0.481 e. The van der Waals surface area contributed by atoms with Gasteiger partial charge in [0.2, 0.25) is 10.0 Å². The van der Waals surface area contributed by atoms with E-state index in [1.807, 2.05) is 24.3 Å². The van der Waals surface area contributed by atoms with E-state index in [-0.39, 0.29) is 23.9 Å². The van der Waals surface area contributed by atoms with Gasteiger partial charge in [0.1, 0.15) is 5.75 Å². The van der Waals surface area contributed by atoms with Crippen LogP contribution >= 0.6 is 0 Å². The van der Waals surface area contributed by atoms with Crippen LogP contribution in [-0.4, -0.2) is 37.8 Å². The molecule has 0 fully saturated rings. The lowest BCUT2D eigenvalue weighted by Crippen LogP contribution is -2.31. The number of nitrogens with zero attached hydrogens (tertiary/aromatic N) is 1. The van der Waals surface area contributed by atoms with Crippen LogP contribution in [0.1, 0.15) is 38.7 Å². The zero-order valence-corrected chi connectivity index (χ0v) is 19.8. The molecule has 2 aromatic rings. The first-order chi connectivity index (χ1) is 15.2. The number of anilines is 1. The van der Waals surface area contributed by atoms with Crippen LogP contribution in [0.2, 0.25) is 0 Å². The van der Waals surface area contributed by atoms with Crippen molar-refractivity contribution in [3.63, 3.8) is 0 Å². The SMILES string of the molecule is C=CCN(CC=C)S(=O)(=O)c1ccc(NC(=O)C(C)Oc2ccccc2C(C)CC)cc1. The number of ether oxygens (including phenoxy) is 1. The predicted molar refractivity (Wildman–Crippen MR) is 129 cm³/mol. The Labute approximate surface area is 191 Å². The normalized spacial score (nSPS) is 13.2. The van der Waals surface area contributed by atoms with Gasteiger partial charge in [-0.15, -0.1) is 13.2 Å². The van der Waals surface area contributed by atoms with E-state index in [1.54, 1.807) is 19.1 Å². The van der Waals surface area contributed by atoms with Gasteiger partial charge < -0.3 is 10.1 Å². The molecule has 6 nitrogen and oxygen atoms in total. The molecule has 1 N–H and O–H groups in total. The molecule has 172 valence electrons. The Morgan fingerprint density at radius 1 is 1.06 bits per heavy atom. The molecule has 0 aliphatic carbocycles. The number of carbonyl (C=O) groups excluding carboxylic acids is 1. The summed E-state index contributed by atoms with van der Waals surface area (Å²) in [6, 6.07) is 13.8. The summed E-state index contributed by atoms with van der Waals surface area (Å²) in [7, 11) is -3.69. The van der Waals surface area contributed by atoms with E-state index < -0.39 is 16.1 Å². The van der Waals surface area contributed by atoms with E-state index in [0.717, 1.165) is 12.0 Å². The Bertz CT molecular complexity index is 1020. The Morgan fingerprint density at radius 3 is 2.22 bits per heavy atom. The first-order valence-electron chi connectivity index (χ1n) is 10.6. The number of benzene rings is 2. The molecule has 2 unspecified atom stereocenters. The summed E-state index contributed by atoms with van der Waals surface area (Å²) < 4.78 is 32.8. The molecule has 0 aromatic heterocycles. The van der Waals surface area contributed by atoms with Gasteiger partial charge in [0.15, 0.2) is 6.10 Å². The summed E-state index contributed by atoms with van der Waals surface area (Å²) in [5.41, 5.74) is 1.55. The van der Waals surface area contributed by atoms with Crippen molar-refractivity contribution < 1.29 is 17.9 Å². The summed E-state index contributed by atoms with van der Waals surface area (Å²) in [5.74, 6) is 0.688. The van der Waals surface area contributed by atoms with Crippen molar-refractivity contribution in [2.24, 2.45) is 0 Å². The second kappa shape index (κ2) is 11.6. The Hall–Kier alpha value is -2.90. The van der Waals surface area contributed by atoms with Crippen molar-refractivity contribution in [3.8, 4) is 5.75 Å². The smallest absolute Gasteiger partial charge is 0.265 e. The first kappa shape index (κ1) is 25.4. The fraction of sp³-hybridized carbons (Fsp3) is 0.320. The molecular weight excluding hydrogens is 424 g/mol. The molecule has 0 bridgehead atoms. The maximum atomic E-state index is 12.8. The number of hydrogen-bond acceptors (Lipinski definition) is 4. The number of carbonyl (C=O) groups is 1. The van der Waals surface area contributed by atoms with Crippen LogP contribution in [0, 0.1) is 0 Å². The van der Waals surface area contributed by atoms with E-state index in [1.165, 1.54) is 28.6 Å². The lowest BCUT2D eigenvalue weighted by atomic mass is 9.98. The third kappa shape index (κ3) is 6.31. The third-order valence-corrected chi connectivity index (χ3v) is 7.01. The highest BCUT2D eigenvalue weighted by atomic mass is 32.2. The molecule has 32 heavy (non-hydrogen) atoms. The average molecular weight is 457 g/mol. The summed E-state index contributed by atoms with van der Waals surface area (Å²) >= 11 is 0. The second-order valence-electron chi connectivity index (χ2n) is 7.52. The van der Waals surface area contributed by atoms with Gasteiger partial charge in [-0.1, -0.05) is 44.2 Å². The lowest BCUT2D eigenvalue weighted by Gasteiger charge is -2.20. The summed E-state index contributed by atoms with van der Waals surface area (Å²) in [6.45, 7) is 13.5. The van der Waals surface area contributed by atoms with E-state index >= 15 is 0 Å². The van der Waals surface area contributed by atoms with Crippen molar-refractivity contribution >= 4 is 21.6 Å². The summed E-state index contributed by atoms with van der Waals surface area (Å²) in [5, 5.41) is 2.78. The van der Waals surface area contributed by atoms with Crippen LogP contribution in [-0.2, 0) is 14.8 Å². The molecule has 2 aromatic carbocycles. The van der Waals surface area contributed by atoms with Crippen molar-refractivity contribution in [2.75, 3.05) is 18.4 Å². The van der Waals surface area contributed by atoms with Gasteiger partial charge in [0.05, 0.1) is 4.90 Å². The fourth-order valence-corrected chi connectivity index (χ4v) is 4.50. The summed E-state index contributed by atoms with van der Waals surface area (Å²) in [6.07, 6.45) is 3.29. The monoisotopic (exact) mass is 456 g/mol. The van der Waals surface area contributed by atoms with Gasteiger partial charge in [-0.25, -0.2) is 8.42 Å². The number of sulfonamides is 1. The molecule has 0 radical (unpaired) electrons. The van der Waals surface area contributed by atoms with E-state index in [0.29, 0.717) is 17.4 Å². The molecule has 0 heterocycles. The number of amides is 1. The Kier molecular flexibility index (Phi) is 9.23. The van der Waals surface area contributed by atoms with Crippen LogP contribution in [0.15, 0.2) is 78.7 Å². The number of para-hydroxylation sites is 1. The van der Waals surface area contributed by atoms with Gasteiger partial charge in [-0.2, -0.15) is 4.31 Å². The zero-order chi connectivity index (χ0) is 23.7. The molecule has 0 saturated carbocycles. The standard InChI is InChI=1S/C25H32N2O4S/c1-6-17-27(18-7-2)32(29,30)22-15-13-21(14-16-22)26-25(28)20(5)31-24-12-10-9-11-23(24)19(4)8-3/h6-7,9-16,19-20H,1-2,8,17-18H2,3-5H3,(H,26,28). The van der Waals surface area contributed by atoms with Gasteiger partial charge in [0, 0.05) is 18.8 Å².